The van der Waals surface area contributed by atoms with Gasteiger partial charge in [-0.1, -0.05) is 26.0 Å². The SMILES string of the molecule is CC(C)C(C(=O)Nc1ccc(I)cc1F)N1C(=O)NC(c2ccc(OCCO)cc2)C1=O. The zero-order valence-electron chi connectivity index (χ0n) is 17.5. The van der Waals surface area contributed by atoms with Crippen molar-refractivity contribution < 1.29 is 28.6 Å². The molecule has 10 heteroatoms. The summed E-state index contributed by atoms with van der Waals surface area (Å²) in [6.07, 6.45) is 0. The molecular formula is C22H23FIN3O5. The van der Waals surface area contributed by atoms with Gasteiger partial charge in [-0.2, -0.15) is 0 Å². The number of amides is 4. The van der Waals surface area contributed by atoms with Crippen LogP contribution in [0.25, 0.3) is 0 Å². The number of hydrogen-bond donors (Lipinski definition) is 3. The second-order valence-corrected chi connectivity index (χ2v) is 8.78. The Morgan fingerprint density at radius 3 is 2.53 bits per heavy atom. The Kier molecular flexibility index (Phi) is 7.67. The fourth-order valence-corrected chi connectivity index (χ4v) is 3.87. The lowest BCUT2D eigenvalue weighted by atomic mass is 10.0. The minimum atomic E-state index is -1.13. The summed E-state index contributed by atoms with van der Waals surface area (Å²) in [6, 6.07) is 8.07. The van der Waals surface area contributed by atoms with E-state index in [9.17, 15) is 18.8 Å². The number of carbonyl (C=O) groups is 3. The van der Waals surface area contributed by atoms with Crippen LogP contribution >= 0.6 is 22.6 Å². The van der Waals surface area contributed by atoms with Gasteiger partial charge in [0.1, 0.15) is 30.3 Å². The highest BCUT2D eigenvalue weighted by molar-refractivity contribution is 14.1. The third-order valence-corrected chi connectivity index (χ3v) is 5.58. The number of halogens is 2. The molecule has 1 heterocycles. The Hall–Kier alpha value is -2.73. The third kappa shape index (κ3) is 5.18. The molecule has 1 aliphatic rings. The van der Waals surface area contributed by atoms with Crippen molar-refractivity contribution in [2.75, 3.05) is 18.5 Å². The van der Waals surface area contributed by atoms with Gasteiger partial charge in [-0.3, -0.25) is 9.59 Å². The maximum Gasteiger partial charge on any atom is 0.325 e. The number of ether oxygens (including phenoxy) is 1. The molecule has 170 valence electrons. The summed E-state index contributed by atoms with van der Waals surface area (Å²) >= 11 is 1.95. The Labute approximate surface area is 198 Å². The lowest BCUT2D eigenvalue weighted by Gasteiger charge is -2.27. The van der Waals surface area contributed by atoms with Gasteiger partial charge < -0.3 is 20.5 Å². The van der Waals surface area contributed by atoms with E-state index in [1.165, 1.54) is 12.1 Å². The molecule has 2 aromatic rings. The lowest BCUT2D eigenvalue weighted by molar-refractivity contribution is -0.135. The first-order chi connectivity index (χ1) is 15.2. The monoisotopic (exact) mass is 555 g/mol. The molecule has 0 aliphatic carbocycles. The van der Waals surface area contributed by atoms with E-state index in [-0.39, 0.29) is 18.9 Å². The van der Waals surface area contributed by atoms with Gasteiger partial charge in [-0.25, -0.2) is 14.1 Å². The second kappa shape index (κ2) is 10.3. The molecule has 0 bridgehead atoms. The van der Waals surface area contributed by atoms with Gasteiger partial charge in [-0.05, 0) is 64.4 Å². The molecule has 0 radical (unpaired) electrons. The van der Waals surface area contributed by atoms with Gasteiger partial charge in [0.05, 0.1) is 12.3 Å². The van der Waals surface area contributed by atoms with Crippen molar-refractivity contribution in [3.8, 4) is 5.75 Å². The molecular weight excluding hydrogens is 532 g/mol. The minimum absolute atomic E-state index is 0.0249. The number of urea groups is 1. The predicted octanol–water partition coefficient (Wildman–Crippen LogP) is 3.06. The van der Waals surface area contributed by atoms with Crippen molar-refractivity contribution in [2.45, 2.75) is 25.9 Å². The normalized spacial score (nSPS) is 16.8. The predicted molar refractivity (Wildman–Crippen MR) is 124 cm³/mol. The number of anilines is 1. The number of benzene rings is 2. The number of rotatable bonds is 8. The fraction of sp³-hybridized carbons (Fsp3) is 0.318. The number of aliphatic hydroxyl groups is 1. The van der Waals surface area contributed by atoms with Crippen LogP contribution in [0.15, 0.2) is 42.5 Å². The zero-order valence-corrected chi connectivity index (χ0v) is 19.6. The van der Waals surface area contributed by atoms with Crippen LogP contribution in [-0.4, -0.2) is 47.1 Å². The topological polar surface area (TPSA) is 108 Å². The smallest absolute Gasteiger partial charge is 0.325 e. The number of nitrogens with zero attached hydrogens (tertiary/aromatic N) is 1. The summed E-state index contributed by atoms with van der Waals surface area (Å²) < 4.78 is 20.2. The van der Waals surface area contributed by atoms with Gasteiger partial charge in [0, 0.05) is 3.57 Å². The molecule has 2 atom stereocenters. The van der Waals surface area contributed by atoms with Crippen LogP contribution in [0.1, 0.15) is 25.5 Å². The molecule has 0 aromatic heterocycles. The lowest BCUT2D eigenvalue weighted by Crippen LogP contribution is -2.50. The summed E-state index contributed by atoms with van der Waals surface area (Å²) in [5, 5.41) is 13.9. The molecule has 0 saturated carbocycles. The van der Waals surface area contributed by atoms with E-state index in [1.807, 2.05) is 22.6 Å². The van der Waals surface area contributed by atoms with Crippen LogP contribution in [0, 0.1) is 15.3 Å². The van der Waals surface area contributed by atoms with Crippen molar-refractivity contribution in [3.05, 3.63) is 57.4 Å². The van der Waals surface area contributed by atoms with Crippen molar-refractivity contribution in [1.82, 2.24) is 10.2 Å². The zero-order chi connectivity index (χ0) is 23.4. The van der Waals surface area contributed by atoms with E-state index >= 15 is 0 Å². The second-order valence-electron chi connectivity index (χ2n) is 7.53. The molecule has 1 saturated heterocycles. The van der Waals surface area contributed by atoms with E-state index in [2.05, 4.69) is 10.6 Å². The average molecular weight is 555 g/mol. The summed E-state index contributed by atoms with van der Waals surface area (Å²) in [6.45, 7) is 3.42. The van der Waals surface area contributed by atoms with Gasteiger partial charge in [-0.15, -0.1) is 0 Å². The number of hydrogen-bond acceptors (Lipinski definition) is 5. The molecule has 2 unspecified atom stereocenters. The van der Waals surface area contributed by atoms with Gasteiger partial charge in [0.15, 0.2) is 0 Å². The molecule has 3 rings (SSSR count). The van der Waals surface area contributed by atoms with Crippen LogP contribution in [-0.2, 0) is 9.59 Å². The van der Waals surface area contributed by atoms with Crippen LogP contribution in [0.4, 0.5) is 14.9 Å². The maximum absolute atomic E-state index is 14.2. The van der Waals surface area contributed by atoms with Crippen molar-refractivity contribution in [2.24, 2.45) is 5.92 Å². The molecule has 8 nitrogen and oxygen atoms in total. The van der Waals surface area contributed by atoms with Gasteiger partial charge in [0.2, 0.25) is 5.91 Å². The number of imide groups is 1. The summed E-state index contributed by atoms with van der Waals surface area (Å²) in [4.78, 5) is 39.6. The van der Waals surface area contributed by atoms with Crippen LogP contribution in [0.2, 0.25) is 0 Å². The van der Waals surface area contributed by atoms with E-state index in [4.69, 9.17) is 9.84 Å². The van der Waals surface area contributed by atoms with E-state index in [0.29, 0.717) is 14.9 Å². The van der Waals surface area contributed by atoms with E-state index in [1.54, 1.807) is 44.2 Å². The Morgan fingerprint density at radius 1 is 1.25 bits per heavy atom. The molecule has 1 fully saturated rings. The van der Waals surface area contributed by atoms with E-state index in [0.717, 1.165) is 4.90 Å². The summed E-state index contributed by atoms with van der Waals surface area (Å²) in [5.74, 6) is -1.74. The highest BCUT2D eigenvalue weighted by atomic mass is 127. The Balaban J connectivity index is 1.80. The molecule has 0 spiro atoms. The van der Waals surface area contributed by atoms with Crippen molar-refractivity contribution >= 4 is 46.1 Å². The van der Waals surface area contributed by atoms with Gasteiger partial charge >= 0.3 is 6.03 Å². The van der Waals surface area contributed by atoms with Crippen LogP contribution in [0.5, 0.6) is 5.75 Å². The molecule has 4 amide bonds. The summed E-state index contributed by atoms with van der Waals surface area (Å²) in [7, 11) is 0. The van der Waals surface area contributed by atoms with Crippen LogP contribution < -0.4 is 15.4 Å². The fourth-order valence-electron chi connectivity index (χ4n) is 3.42. The number of nitrogens with one attached hydrogen (secondary N) is 2. The number of carbonyl (C=O) groups excluding carboxylic acids is 3. The highest BCUT2D eigenvalue weighted by Crippen LogP contribution is 2.28. The maximum atomic E-state index is 14.2. The van der Waals surface area contributed by atoms with E-state index < -0.39 is 41.7 Å². The first-order valence-corrected chi connectivity index (χ1v) is 11.0. The average Bonchev–Trinajstić information content (AvgIpc) is 3.03. The minimum Gasteiger partial charge on any atom is -0.491 e. The standard InChI is InChI=1S/C22H23FIN3O5/c1-12(2)19(20(29)25-17-8-5-14(24)11-16(17)23)27-21(30)18(26-22(27)31)13-3-6-15(7-4-13)32-10-9-28/h3-8,11-12,18-19,28H,9-10H2,1-2H3,(H,25,29)(H,26,31). The molecule has 2 aromatic carbocycles. The first-order valence-electron chi connectivity index (χ1n) is 9.96. The molecule has 3 N–H and O–H groups in total. The third-order valence-electron chi connectivity index (χ3n) is 4.91. The molecule has 32 heavy (non-hydrogen) atoms. The number of aliphatic hydroxyl groups excluding tert-OH is 1. The summed E-state index contributed by atoms with van der Waals surface area (Å²) in [5.41, 5.74) is 0.497. The quantitative estimate of drug-likeness (QED) is 0.343. The van der Waals surface area contributed by atoms with Crippen molar-refractivity contribution in [3.63, 3.8) is 0 Å². The largest absolute Gasteiger partial charge is 0.491 e. The first kappa shape index (κ1) is 23.9. The van der Waals surface area contributed by atoms with Crippen molar-refractivity contribution in [1.29, 1.82) is 0 Å². The Morgan fingerprint density at radius 2 is 1.94 bits per heavy atom. The van der Waals surface area contributed by atoms with Crippen LogP contribution in [0.3, 0.4) is 0 Å². The molecule has 1 aliphatic heterocycles. The van der Waals surface area contributed by atoms with Gasteiger partial charge in [0.25, 0.3) is 5.91 Å². The Bertz CT molecular complexity index is 1020. The highest BCUT2D eigenvalue weighted by Gasteiger charge is 2.46.